The zero-order chi connectivity index (χ0) is 17.0. The average molecular weight is 325 g/mol. The summed E-state index contributed by atoms with van der Waals surface area (Å²) in [6.45, 7) is 14.4. The highest BCUT2D eigenvalue weighted by Gasteiger charge is 2.40. The van der Waals surface area contributed by atoms with E-state index < -0.39 is 14.0 Å². The third-order valence-corrected chi connectivity index (χ3v) is 11.8. The number of carboxylic acids is 1. The molecule has 0 spiro atoms. The number of unbranched alkanes of at least 4 members (excludes halogenated alkanes) is 1. The molecule has 1 rings (SSSR count). The Bertz CT molecular complexity index is 416. The van der Waals surface area contributed by atoms with Gasteiger partial charge in [-0.05, 0) is 36.6 Å². The van der Waals surface area contributed by atoms with Crippen LogP contribution in [0.1, 0.15) is 79.1 Å². The van der Waals surface area contributed by atoms with E-state index >= 15 is 0 Å². The van der Waals surface area contributed by atoms with E-state index in [4.69, 9.17) is 0 Å². The van der Waals surface area contributed by atoms with Crippen LogP contribution in [-0.2, 0) is 4.79 Å². The van der Waals surface area contributed by atoms with E-state index in [1.807, 2.05) is 0 Å². The molecule has 0 heterocycles. The second-order valence-corrected chi connectivity index (χ2v) is 13.9. The maximum Gasteiger partial charge on any atom is 0.303 e. The third-order valence-electron chi connectivity index (χ3n) is 5.96. The molecule has 1 aliphatic rings. The minimum absolute atomic E-state index is 0.298. The van der Waals surface area contributed by atoms with Crippen molar-refractivity contribution >= 4 is 14.0 Å². The molecule has 0 aromatic carbocycles. The van der Waals surface area contributed by atoms with Crippen LogP contribution in [-0.4, -0.2) is 19.1 Å². The highest BCUT2D eigenvalue weighted by atomic mass is 28.3. The maximum atomic E-state index is 11.3. The van der Waals surface area contributed by atoms with Gasteiger partial charge in [-0.25, -0.2) is 0 Å². The number of allylic oxidation sites excluding steroid dienone is 2. The molecule has 1 aliphatic carbocycles. The monoisotopic (exact) mass is 324 g/mol. The summed E-state index contributed by atoms with van der Waals surface area (Å²) in [6.07, 6.45) is 8.64. The van der Waals surface area contributed by atoms with Gasteiger partial charge in [-0.2, -0.15) is 0 Å². The summed E-state index contributed by atoms with van der Waals surface area (Å²) >= 11 is 0. The standard InChI is InChI=1S/C19H36O2Si/c1-7-8-13-17(22(5,6)19(2,3)4)16-12-10-9-11-15(16)14-18(20)21/h15H,7-14H2,1-6H3,(H,20,21)/b17-16-/t15-/m1/s1. The van der Waals surface area contributed by atoms with Crippen molar-refractivity contribution in [2.24, 2.45) is 5.92 Å². The van der Waals surface area contributed by atoms with Gasteiger partial charge in [-0.1, -0.05) is 70.8 Å². The van der Waals surface area contributed by atoms with Crippen LogP contribution in [0, 0.1) is 5.92 Å². The molecule has 0 aromatic rings. The first-order chi connectivity index (χ1) is 10.1. The van der Waals surface area contributed by atoms with Crippen molar-refractivity contribution in [3.8, 4) is 0 Å². The number of carbonyl (C=O) groups is 1. The van der Waals surface area contributed by atoms with Gasteiger partial charge in [0.2, 0.25) is 0 Å². The lowest BCUT2D eigenvalue weighted by Crippen LogP contribution is -2.41. The number of rotatable bonds is 6. The quantitative estimate of drug-likeness (QED) is 0.592. The van der Waals surface area contributed by atoms with Gasteiger partial charge < -0.3 is 5.11 Å². The van der Waals surface area contributed by atoms with E-state index in [-0.39, 0.29) is 0 Å². The molecule has 0 amide bonds. The third kappa shape index (κ3) is 4.71. The number of hydrogen-bond acceptors (Lipinski definition) is 1. The molecule has 1 N–H and O–H groups in total. The van der Waals surface area contributed by atoms with Crippen molar-refractivity contribution < 1.29 is 9.90 Å². The fourth-order valence-electron chi connectivity index (χ4n) is 3.60. The largest absolute Gasteiger partial charge is 0.481 e. The van der Waals surface area contributed by atoms with Gasteiger partial charge in [-0.15, -0.1) is 0 Å². The molecule has 1 fully saturated rings. The van der Waals surface area contributed by atoms with E-state index in [0.717, 1.165) is 12.8 Å². The fourth-order valence-corrected chi connectivity index (χ4v) is 6.44. The predicted molar refractivity (Wildman–Crippen MR) is 98.0 cm³/mol. The summed E-state index contributed by atoms with van der Waals surface area (Å²) in [5, 5.41) is 11.3. The minimum atomic E-state index is -1.57. The van der Waals surface area contributed by atoms with Crippen LogP contribution >= 0.6 is 0 Å². The summed E-state index contributed by atoms with van der Waals surface area (Å²) in [6, 6.07) is 0. The molecule has 3 heteroatoms. The molecule has 0 saturated heterocycles. The highest BCUT2D eigenvalue weighted by molar-refractivity contribution is 6.86. The first-order valence-electron chi connectivity index (χ1n) is 9.05. The Morgan fingerprint density at radius 3 is 2.41 bits per heavy atom. The Hall–Kier alpha value is -0.573. The Kier molecular flexibility index (Phi) is 6.91. The van der Waals surface area contributed by atoms with Crippen LogP contribution in [0.15, 0.2) is 10.8 Å². The molecule has 1 saturated carbocycles. The average Bonchev–Trinajstić information content (AvgIpc) is 2.38. The zero-order valence-corrected chi connectivity index (χ0v) is 16.6. The lowest BCUT2D eigenvalue weighted by molar-refractivity contribution is -0.137. The predicted octanol–water partition coefficient (Wildman–Crippen LogP) is 6.19. The molecule has 128 valence electrons. The van der Waals surface area contributed by atoms with E-state index in [0.29, 0.717) is 17.4 Å². The Morgan fingerprint density at radius 2 is 1.91 bits per heavy atom. The highest BCUT2D eigenvalue weighted by Crippen LogP contribution is 2.46. The van der Waals surface area contributed by atoms with Crippen molar-refractivity contribution in [1.29, 1.82) is 0 Å². The van der Waals surface area contributed by atoms with Crippen molar-refractivity contribution in [3.05, 3.63) is 10.8 Å². The minimum Gasteiger partial charge on any atom is -0.481 e. The van der Waals surface area contributed by atoms with Crippen molar-refractivity contribution in [3.63, 3.8) is 0 Å². The second kappa shape index (κ2) is 7.81. The van der Waals surface area contributed by atoms with Gasteiger partial charge in [0.1, 0.15) is 0 Å². The number of carboxylic acid groups (broad SMARTS) is 1. The fraction of sp³-hybridized carbons (Fsp3) is 0.842. The molecule has 0 radical (unpaired) electrons. The first-order valence-corrected chi connectivity index (χ1v) is 12.1. The van der Waals surface area contributed by atoms with Crippen LogP contribution in [0.4, 0.5) is 0 Å². The molecule has 0 aromatic heterocycles. The van der Waals surface area contributed by atoms with Crippen molar-refractivity contribution in [2.75, 3.05) is 0 Å². The Morgan fingerprint density at radius 1 is 1.27 bits per heavy atom. The molecule has 2 nitrogen and oxygen atoms in total. The topological polar surface area (TPSA) is 37.3 Å². The molecule has 0 aliphatic heterocycles. The van der Waals surface area contributed by atoms with Crippen LogP contribution in [0.3, 0.4) is 0 Å². The summed E-state index contributed by atoms with van der Waals surface area (Å²) in [7, 11) is -1.57. The van der Waals surface area contributed by atoms with Gasteiger partial charge >= 0.3 is 5.97 Å². The lowest BCUT2D eigenvalue weighted by Gasteiger charge is -2.43. The van der Waals surface area contributed by atoms with Crippen LogP contribution in [0.2, 0.25) is 18.1 Å². The van der Waals surface area contributed by atoms with E-state index in [9.17, 15) is 9.90 Å². The van der Waals surface area contributed by atoms with Gasteiger partial charge in [0.05, 0.1) is 14.5 Å². The Labute approximate surface area is 138 Å². The van der Waals surface area contributed by atoms with E-state index in [1.54, 1.807) is 10.8 Å². The summed E-state index contributed by atoms with van der Waals surface area (Å²) in [5.41, 5.74) is 1.55. The van der Waals surface area contributed by atoms with Gasteiger partial charge in [0.25, 0.3) is 0 Å². The Balaban J connectivity index is 3.27. The summed E-state index contributed by atoms with van der Waals surface area (Å²) < 4.78 is 0. The smallest absolute Gasteiger partial charge is 0.303 e. The van der Waals surface area contributed by atoms with Gasteiger partial charge in [-0.3, -0.25) is 4.79 Å². The SMILES string of the molecule is CCCC/C(=C1\CCCC[C@@H]1CC(=O)O)[Si](C)(C)C(C)(C)C. The molecule has 1 atom stereocenters. The summed E-state index contributed by atoms with van der Waals surface area (Å²) in [5.74, 6) is -0.332. The molecule has 22 heavy (non-hydrogen) atoms. The van der Waals surface area contributed by atoms with Crippen LogP contribution < -0.4 is 0 Å². The summed E-state index contributed by atoms with van der Waals surface area (Å²) in [4.78, 5) is 11.3. The molecular weight excluding hydrogens is 288 g/mol. The molecular formula is C19H36O2Si. The van der Waals surface area contributed by atoms with Crippen LogP contribution in [0.25, 0.3) is 0 Å². The van der Waals surface area contributed by atoms with Gasteiger partial charge in [0.15, 0.2) is 0 Å². The van der Waals surface area contributed by atoms with Gasteiger partial charge in [0, 0.05) is 0 Å². The van der Waals surface area contributed by atoms with Crippen LogP contribution in [0.5, 0.6) is 0 Å². The zero-order valence-electron chi connectivity index (χ0n) is 15.6. The van der Waals surface area contributed by atoms with Crippen molar-refractivity contribution in [1.82, 2.24) is 0 Å². The van der Waals surface area contributed by atoms with Crippen molar-refractivity contribution in [2.45, 2.75) is 97.2 Å². The number of aliphatic carboxylic acids is 1. The second-order valence-electron chi connectivity index (χ2n) is 8.52. The number of hydrogen-bond donors (Lipinski definition) is 1. The maximum absolute atomic E-state index is 11.3. The van der Waals surface area contributed by atoms with E-state index in [2.05, 4.69) is 40.8 Å². The van der Waals surface area contributed by atoms with E-state index in [1.165, 1.54) is 32.1 Å². The molecule has 0 bridgehead atoms. The molecule has 0 unspecified atom stereocenters. The lowest BCUT2D eigenvalue weighted by atomic mass is 9.81. The normalized spacial score (nSPS) is 22.5. The first kappa shape index (κ1) is 19.5.